The molecule has 0 amide bonds. The monoisotopic (exact) mass is 702 g/mol. The van der Waals surface area contributed by atoms with Crippen molar-refractivity contribution in [1.29, 1.82) is 0 Å². The lowest BCUT2D eigenvalue weighted by molar-refractivity contribution is 0.673. The molecule has 12 aromatic rings. The van der Waals surface area contributed by atoms with Crippen LogP contribution in [0.2, 0.25) is 0 Å². The standard InChI is InChI=1S/C52H30OS/c1-2-12-31(13-3-1)32-22-23-34-29-35(25-24-33(34)28-32)47-37-14-4-6-16-39(37)48(40-17-7-5-15-38(40)47)36-26-27-43-45(30-36)53-51-41-18-8-9-19-42(41)52-50(49(43)51)44-20-10-11-21-46(44)54-52/h1-30H. The zero-order chi connectivity index (χ0) is 35.3. The van der Waals surface area contributed by atoms with E-state index in [1.807, 2.05) is 11.3 Å². The minimum Gasteiger partial charge on any atom is -0.455 e. The van der Waals surface area contributed by atoms with E-state index in [-0.39, 0.29) is 0 Å². The number of benzene rings is 10. The van der Waals surface area contributed by atoms with Crippen molar-refractivity contribution in [3.8, 4) is 33.4 Å². The molecule has 0 saturated heterocycles. The molecule has 2 heterocycles. The SMILES string of the molecule is c1ccc(-c2ccc3cc(-c4c5ccccc5c(-c5ccc6c(c5)oc5c7ccccc7c7sc8ccccc8c7c65)c5ccccc45)ccc3c2)cc1. The van der Waals surface area contributed by atoms with Crippen molar-refractivity contribution in [3.63, 3.8) is 0 Å². The summed E-state index contributed by atoms with van der Waals surface area (Å²) >= 11 is 1.88. The fraction of sp³-hybridized carbons (Fsp3) is 0. The molecular weight excluding hydrogens is 673 g/mol. The second-order valence-electron chi connectivity index (χ2n) is 14.3. The third-order valence-electron chi connectivity index (χ3n) is 11.4. The summed E-state index contributed by atoms with van der Waals surface area (Å²) in [7, 11) is 0. The molecule has 2 heteroatoms. The fourth-order valence-corrected chi connectivity index (χ4v) is 10.3. The minimum absolute atomic E-state index is 0.914. The van der Waals surface area contributed by atoms with Crippen molar-refractivity contribution in [1.82, 2.24) is 0 Å². The summed E-state index contributed by atoms with van der Waals surface area (Å²) in [5.41, 5.74) is 9.22. The molecule has 0 saturated carbocycles. The Morgan fingerprint density at radius 2 is 0.852 bits per heavy atom. The molecule has 12 rings (SSSR count). The molecule has 0 N–H and O–H groups in total. The van der Waals surface area contributed by atoms with Crippen molar-refractivity contribution in [3.05, 3.63) is 182 Å². The van der Waals surface area contributed by atoms with E-state index < -0.39 is 0 Å². The van der Waals surface area contributed by atoms with E-state index in [2.05, 4.69) is 182 Å². The van der Waals surface area contributed by atoms with Gasteiger partial charge in [-0.3, -0.25) is 0 Å². The molecule has 0 fully saturated rings. The van der Waals surface area contributed by atoms with Crippen LogP contribution in [0.25, 0.3) is 119 Å². The Morgan fingerprint density at radius 1 is 0.333 bits per heavy atom. The highest BCUT2D eigenvalue weighted by atomic mass is 32.1. The molecule has 1 nitrogen and oxygen atoms in total. The van der Waals surface area contributed by atoms with Gasteiger partial charge in [-0.05, 0) is 96.0 Å². The van der Waals surface area contributed by atoms with Gasteiger partial charge in [0.1, 0.15) is 11.2 Å². The maximum atomic E-state index is 6.95. The lowest BCUT2D eigenvalue weighted by Crippen LogP contribution is -1.91. The summed E-state index contributed by atoms with van der Waals surface area (Å²) in [6, 6.07) is 66.5. The highest BCUT2D eigenvalue weighted by Crippen LogP contribution is 2.49. The van der Waals surface area contributed by atoms with Gasteiger partial charge < -0.3 is 4.42 Å². The Labute approximate surface area is 314 Å². The Bertz CT molecular complexity index is 3440. The predicted octanol–water partition coefficient (Wildman–Crippen LogP) is 15.6. The smallest absolute Gasteiger partial charge is 0.143 e. The Hall–Kier alpha value is -6.74. The Morgan fingerprint density at radius 3 is 1.54 bits per heavy atom. The van der Waals surface area contributed by atoms with E-state index in [1.165, 1.54) is 91.1 Å². The maximum absolute atomic E-state index is 6.95. The van der Waals surface area contributed by atoms with E-state index in [9.17, 15) is 0 Å². The van der Waals surface area contributed by atoms with Crippen LogP contribution in [0.1, 0.15) is 0 Å². The normalized spacial score (nSPS) is 12.1. The largest absolute Gasteiger partial charge is 0.455 e. The second-order valence-corrected chi connectivity index (χ2v) is 15.4. The van der Waals surface area contributed by atoms with E-state index in [0.29, 0.717) is 0 Å². The summed E-state index contributed by atoms with van der Waals surface area (Å²) in [5, 5.41) is 14.8. The zero-order valence-electron chi connectivity index (χ0n) is 29.1. The van der Waals surface area contributed by atoms with E-state index >= 15 is 0 Å². The van der Waals surface area contributed by atoms with Gasteiger partial charge in [0.2, 0.25) is 0 Å². The van der Waals surface area contributed by atoms with Gasteiger partial charge in [0.25, 0.3) is 0 Å². The van der Waals surface area contributed by atoms with Crippen LogP contribution in [-0.2, 0) is 0 Å². The molecule has 0 unspecified atom stereocenters. The van der Waals surface area contributed by atoms with Crippen molar-refractivity contribution >= 4 is 96.5 Å². The molecule has 2 aromatic heterocycles. The molecule has 0 aliphatic carbocycles. The molecule has 0 radical (unpaired) electrons. The number of hydrogen-bond acceptors (Lipinski definition) is 2. The van der Waals surface area contributed by atoms with E-state index in [1.54, 1.807) is 0 Å². The Kier molecular flexibility index (Phi) is 6.28. The van der Waals surface area contributed by atoms with E-state index in [4.69, 9.17) is 4.42 Å². The summed E-state index contributed by atoms with van der Waals surface area (Å²) in [4.78, 5) is 0. The molecule has 54 heavy (non-hydrogen) atoms. The molecule has 0 atom stereocenters. The first-order valence-electron chi connectivity index (χ1n) is 18.5. The van der Waals surface area contributed by atoms with Crippen LogP contribution in [0, 0.1) is 0 Å². The van der Waals surface area contributed by atoms with E-state index in [0.717, 1.165) is 27.5 Å². The molecule has 0 bridgehead atoms. The van der Waals surface area contributed by atoms with Crippen LogP contribution in [0.3, 0.4) is 0 Å². The molecule has 10 aromatic carbocycles. The fourth-order valence-electron chi connectivity index (χ4n) is 9.01. The van der Waals surface area contributed by atoms with Gasteiger partial charge in [0.15, 0.2) is 0 Å². The highest BCUT2D eigenvalue weighted by molar-refractivity contribution is 7.27. The van der Waals surface area contributed by atoms with Crippen LogP contribution in [0.5, 0.6) is 0 Å². The van der Waals surface area contributed by atoms with Gasteiger partial charge in [-0.15, -0.1) is 11.3 Å². The van der Waals surface area contributed by atoms with Crippen LogP contribution < -0.4 is 0 Å². The van der Waals surface area contributed by atoms with Crippen LogP contribution >= 0.6 is 11.3 Å². The molecule has 250 valence electrons. The van der Waals surface area contributed by atoms with Gasteiger partial charge in [-0.25, -0.2) is 0 Å². The van der Waals surface area contributed by atoms with Gasteiger partial charge in [0, 0.05) is 41.7 Å². The number of furan rings is 1. The van der Waals surface area contributed by atoms with Gasteiger partial charge in [-0.2, -0.15) is 0 Å². The number of rotatable bonds is 3. The van der Waals surface area contributed by atoms with Crippen LogP contribution in [0.4, 0.5) is 0 Å². The summed E-state index contributed by atoms with van der Waals surface area (Å²) in [5.74, 6) is 0. The quantitative estimate of drug-likeness (QED) is 0.167. The average Bonchev–Trinajstić information content (AvgIpc) is 3.81. The Balaban J connectivity index is 1.10. The lowest BCUT2D eigenvalue weighted by atomic mass is 9.85. The summed E-state index contributed by atoms with van der Waals surface area (Å²) in [6.07, 6.45) is 0. The lowest BCUT2D eigenvalue weighted by Gasteiger charge is -2.18. The van der Waals surface area contributed by atoms with Crippen LogP contribution in [0.15, 0.2) is 186 Å². The number of fused-ring (bicyclic) bond motifs is 13. The molecule has 0 spiro atoms. The second kappa shape index (κ2) is 11.4. The van der Waals surface area contributed by atoms with Gasteiger partial charge in [-0.1, -0.05) is 152 Å². The van der Waals surface area contributed by atoms with Crippen molar-refractivity contribution in [2.45, 2.75) is 0 Å². The number of hydrogen-bond donors (Lipinski definition) is 0. The first-order valence-corrected chi connectivity index (χ1v) is 19.3. The van der Waals surface area contributed by atoms with Crippen molar-refractivity contribution < 1.29 is 4.42 Å². The van der Waals surface area contributed by atoms with Crippen molar-refractivity contribution in [2.75, 3.05) is 0 Å². The summed E-state index contributed by atoms with van der Waals surface area (Å²) < 4.78 is 9.58. The minimum atomic E-state index is 0.914. The zero-order valence-corrected chi connectivity index (χ0v) is 30.0. The third-order valence-corrected chi connectivity index (χ3v) is 12.6. The van der Waals surface area contributed by atoms with Crippen LogP contribution in [-0.4, -0.2) is 0 Å². The molecule has 0 aliphatic heterocycles. The first-order chi connectivity index (χ1) is 26.8. The highest BCUT2D eigenvalue weighted by Gasteiger charge is 2.22. The number of thiophene rings is 1. The first kappa shape index (κ1) is 29.8. The maximum Gasteiger partial charge on any atom is 0.143 e. The average molecular weight is 703 g/mol. The molecular formula is C52H30OS. The topological polar surface area (TPSA) is 13.1 Å². The van der Waals surface area contributed by atoms with Gasteiger partial charge >= 0.3 is 0 Å². The van der Waals surface area contributed by atoms with Crippen molar-refractivity contribution in [2.24, 2.45) is 0 Å². The van der Waals surface area contributed by atoms with Gasteiger partial charge in [0.05, 0.1) is 0 Å². The predicted molar refractivity (Wildman–Crippen MR) is 233 cm³/mol. The third kappa shape index (κ3) is 4.26. The molecule has 0 aliphatic rings. The summed E-state index contributed by atoms with van der Waals surface area (Å²) in [6.45, 7) is 0.